The van der Waals surface area contributed by atoms with Crippen LogP contribution >= 0.6 is 0 Å². The van der Waals surface area contributed by atoms with Gasteiger partial charge in [-0.2, -0.15) is 0 Å². The Labute approximate surface area is 85.9 Å². The Morgan fingerprint density at radius 3 is 2.53 bits per heavy atom. The zero-order valence-electron chi connectivity index (χ0n) is 8.11. The van der Waals surface area contributed by atoms with E-state index in [9.17, 15) is 20.1 Å². The highest BCUT2D eigenvalue weighted by Gasteiger charge is 2.47. The Hall–Kier alpha value is -0.730. The average molecular weight is 222 g/mol. The maximum Gasteiger partial charge on any atom is 0.305 e. The lowest BCUT2D eigenvalue weighted by molar-refractivity contribution is -0.192. The number of aliphatic hydroxyl groups is 4. The van der Waals surface area contributed by atoms with Crippen LogP contribution in [0.25, 0.3) is 0 Å². The van der Waals surface area contributed by atoms with Crippen LogP contribution in [-0.4, -0.2) is 63.7 Å². The average Bonchev–Trinajstić information content (AvgIpc) is 2.44. The highest BCUT2D eigenvalue weighted by atomic mass is 16.7. The third-order valence-corrected chi connectivity index (χ3v) is 2.11. The van der Waals surface area contributed by atoms with E-state index in [0.717, 1.165) is 6.92 Å². The van der Waals surface area contributed by atoms with Crippen LogP contribution in [0.15, 0.2) is 0 Å². The minimum absolute atomic E-state index is 0.624. The van der Waals surface area contributed by atoms with Crippen LogP contribution in [0.1, 0.15) is 6.92 Å². The van der Waals surface area contributed by atoms with Crippen molar-refractivity contribution < 1.29 is 34.7 Å². The lowest BCUT2D eigenvalue weighted by Gasteiger charge is -2.18. The second kappa shape index (κ2) is 4.86. The SMILES string of the molecule is CC(=O)O[C@@H]1O[C@@H](C(O)CO)[C@H](O)[C@H]1O. The van der Waals surface area contributed by atoms with E-state index in [1.165, 1.54) is 0 Å². The summed E-state index contributed by atoms with van der Waals surface area (Å²) in [5.41, 5.74) is 0. The molecule has 1 fully saturated rings. The first kappa shape index (κ1) is 12.3. The lowest BCUT2D eigenvalue weighted by Crippen LogP contribution is -2.40. The number of rotatable bonds is 3. The van der Waals surface area contributed by atoms with E-state index in [-0.39, 0.29) is 0 Å². The molecule has 0 bridgehead atoms. The Balaban J connectivity index is 2.62. The highest BCUT2D eigenvalue weighted by Crippen LogP contribution is 2.24. The summed E-state index contributed by atoms with van der Waals surface area (Å²) >= 11 is 0. The van der Waals surface area contributed by atoms with Gasteiger partial charge in [-0.05, 0) is 0 Å². The van der Waals surface area contributed by atoms with Crippen molar-refractivity contribution in [1.29, 1.82) is 0 Å². The summed E-state index contributed by atoms with van der Waals surface area (Å²) in [5.74, 6) is -0.676. The van der Waals surface area contributed by atoms with Crippen LogP contribution in [0.2, 0.25) is 0 Å². The summed E-state index contributed by atoms with van der Waals surface area (Å²) < 4.78 is 9.45. The fraction of sp³-hybridized carbons (Fsp3) is 0.875. The van der Waals surface area contributed by atoms with Gasteiger partial charge in [-0.15, -0.1) is 0 Å². The summed E-state index contributed by atoms with van der Waals surface area (Å²) in [6, 6.07) is 0. The second-order valence-electron chi connectivity index (χ2n) is 3.31. The Bertz CT molecular complexity index is 231. The van der Waals surface area contributed by atoms with E-state index in [0.29, 0.717) is 0 Å². The summed E-state index contributed by atoms with van der Waals surface area (Å²) in [5, 5.41) is 36.6. The zero-order chi connectivity index (χ0) is 11.6. The monoisotopic (exact) mass is 222 g/mol. The van der Waals surface area contributed by atoms with Gasteiger partial charge in [0, 0.05) is 6.92 Å². The van der Waals surface area contributed by atoms with Crippen molar-refractivity contribution in [3.05, 3.63) is 0 Å². The van der Waals surface area contributed by atoms with Crippen molar-refractivity contribution in [2.45, 2.75) is 37.6 Å². The molecule has 5 atom stereocenters. The Kier molecular flexibility index (Phi) is 4.00. The zero-order valence-corrected chi connectivity index (χ0v) is 8.11. The molecule has 0 aromatic heterocycles. The third-order valence-electron chi connectivity index (χ3n) is 2.11. The van der Waals surface area contributed by atoms with Gasteiger partial charge >= 0.3 is 5.97 Å². The first-order valence-electron chi connectivity index (χ1n) is 4.45. The fourth-order valence-electron chi connectivity index (χ4n) is 1.35. The van der Waals surface area contributed by atoms with E-state index in [2.05, 4.69) is 4.74 Å². The molecule has 15 heavy (non-hydrogen) atoms. The minimum Gasteiger partial charge on any atom is -0.433 e. The number of carbonyl (C=O) groups excluding carboxylic acids is 1. The first-order valence-corrected chi connectivity index (χ1v) is 4.45. The predicted molar refractivity (Wildman–Crippen MR) is 45.5 cm³/mol. The molecule has 88 valence electrons. The molecule has 1 rings (SSSR count). The standard InChI is InChI=1S/C8H14O7/c1-3(10)14-8-6(13)5(12)7(15-8)4(11)2-9/h4-9,11-13H,2H2,1H3/t4?,5-,6-,7+,8-/m1/s1. The molecule has 1 aliphatic rings. The molecule has 0 amide bonds. The molecule has 0 aromatic rings. The number of hydrogen-bond donors (Lipinski definition) is 4. The van der Waals surface area contributed by atoms with Gasteiger partial charge < -0.3 is 29.9 Å². The van der Waals surface area contributed by atoms with Crippen LogP contribution in [0.3, 0.4) is 0 Å². The molecular weight excluding hydrogens is 208 g/mol. The van der Waals surface area contributed by atoms with E-state index in [4.69, 9.17) is 9.84 Å². The summed E-state index contributed by atoms with van der Waals surface area (Å²) in [4.78, 5) is 10.6. The van der Waals surface area contributed by atoms with Crippen molar-refractivity contribution in [3.8, 4) is 0 Å². The lowest BCUT2D eigenvalue weighted by atomic mass is 10.1. The molecule has 0 spiro atoms. The van der Waals surface area contributed by atoms with Gasteiger partial charge in [0.2, 0.25) is 6.29 Å². The maximum absolute atomic E-state index is 10.6. The highest BCUT2D eigenvalue weighted by molar-refractivity contribution is 5.66. The number of carbonyl (C=O) groups is 1. The maximum atomic E-state index is 10.6. The molecular formula is C8H14O7. The molecule has 0 saturated carbocycles. The van der Waals surface area contributed by atoms with Gasteiger partial charge in [-0.3, -0.25) is 4.79 Å². The van der Waals surface area contributed by atoms with Crippen LogP contribution in [0.5, 0.6) is 0 Å². The van der Waals surface area contributed by atoms with E-state index in [1.807, 2.05) is 0 Å². The number of ether oxygens (including phenoxy) is 2. The quantitative estimate of drug-likeness (QED) is 0.385. The molecule has 0 radical (unpaired) electrons. The molecule has 7 heteroatoms. The second-order valence-corrected chi connectivity index (χ2v) is 3.31. The molecule has 1 heterocycles. The number of hydrogen-bond acceptors (Lipinski definition) is 7. The van der Waals surface area contributed by atoms with E-state index in [1.54, 1.807) is 0 Å². The fourth-order valence-corrected chi connectivity index (χ4v) is 1.35. The smallest absolute Gasteiger partial charge is 0.305 e. The van der Waals surface area contributed by atoms with E-state index >= 15 is 0 Å². The first-order chi connectivity index (χ1) is 6.97. The van der Waals surface area contributed by atoms with Gasteiger partial charge in [-0.1, -0.05) is 0 Å². The van der Waals surface area contributed by atoms with Crippen molar-refractivity contribution in [1.82, 2.24) is 0 Å². The third kappa shape index (κ3) is 2.64. The van der Waals surface area contributed by atoms with Crippen molar-refractivity contribution in [2.75, 3.05) is 6.61 Å². The van der Waals surface area contributed by atoms with Gasteiger partial charge in [0.25, 0.3) is 0 Å². The molecule has 1 saturated heterocycles. The van der Waals surface area contributed by atoms with Gasteiger partial charge in [-0.25, -0.2) is 0 Å². The molecule has 1 aliphatic heterocycles. The molecule has 0 aliphatic carbocycles. The largest absolute Gasteiger partial charge is 0.433 e. The van der Waals surface area contributed by atoms with E-state index < -0.39 is 43.3 Å². The van der Waals surface area contributed by atoms with Crippen LogP contribution < -0.4 is 0 Å². The Morgan fingerprint density at radius 1 is 1.47 bits per heavy atom. The topological polar surface area (TPSA) is 116 Å². The molecule has 1 unspecified atom stereocenters. The van der Waals surface area contributed by atoms with Gasteiger partial charge in [0.1, 0.15) is 24.4 Å². The minimum atomic E-state index is -1.43. The Morgan fingerprint density at radius 2 is 2.07 bits per heavy atom. The molecule has 0 aromatic carbocycles. The van der Waals surface area contributed by atoms with Crippen LogP contribution in [0, 0.1) is 0 Å². The predicted octanol–water partition coefficient (Wildman–Crippen LogP) is -2.65. The number of aliphatic hydroxyl groups excluding tert-OH is 4. The number of esters is 1. The van der Waals surface area contributed by atoms with Crippen LogP contribution in [-0.2, 0) is 14.3 Å². The van der Waals surface area contributed by atoms with Crippen molar-refractivity contribution in [2.24, 2.45) is 0 Å². The van der Waals surface area contributed by atoms with Crippen molar-refractivity contribution >= 4 is 5.97 Å². The molecule has 7 nitrogen and oxygen atoms in total. The van der Waals surface area contributed by atoms with Gasteiger partial charge in [0.05, 0.1) is 6.61 Å². The summed E-state index contributed by atoms with van der Waals surface area (Å²) in [7, 11) is 0. The van der Waals surface area contributed by atoms with Crippen molar-refractivity contribution in [3.63, 3.8) is 0 Å². The van der Waals surface area contributed by atoms with Gasteiger partial charge in [0.15, 0.2) is 0 Å². The summed E-state index contributed by atoms with van der Waals surface area (Å²) in [6.07, 6.45) is -6.66. The van der Waals surface area contributed by atoms with Crippen LogP contribution in [0.4, 0.5) is 0 Å². The molecule has 4 N–H and O–H groups in total. The normalized spacial score (nSPS) is 37.7. The summed E-state index contributed by atoms with van der Waals surface area (Å²) in [6.45, 7) is 0.500.